The van der Waals surface area contributed by atoms with Gasteiger partial charge < -0.3 is 10.6 Å². The maximum atomic E-state index is 12.1. The molecule has 1 saturated heterocycles. The van der Waals surface area contributed by atoms with Gasteiger partial charge in [-0.15, -0.1) is 0 Å². The Hall–Kier alpha value is -0.640. The van der Waals surface area contributed by atoms with Gasteiger partial charge in [0.15, 0.2) is 0 Å². The number of hydrogen-bond donors (Lipinski definition) is 1. The van der Waals surface area contributed by atoms with Gasteiger partial charge in [0.1, 0.15) is 0 Å². The molecular formula is C13H22N2OS. The first kappa shape index (κ1) is 12.8. The minimum Gasteiger partial charge on any atom is -0.392 e. The Balaban J connectivity index is 1.80. The third-order valence-corrected chi connectivity index (χ3v) is 4.41. The molecule has 1 atom stereocenters. The highest BCUT2D eigenvalue weighted by Crippen LogP contribution is 2.29. The quantitative estimate of drug-likeness (QED) is 0.783. The molecule has 0 aromatic carbocycles. The minimum atomic E-state index is 0.0288. The lowest BCUT2D eigenvalue weighted by atomic mass is 10.0. The Kier molecular flexibility index (Phi) is 4.37. The van der Waals surface area contributed by atoms with Gasteiger partial charge in [-0.05, 0) is 25.2 Å². The summed E-state index contributed by atoms with van der Waals surface area (Å²) in [6.07, 6.45) is 9.04. The number of carbonyl (C=O) groups is 1. The zero-order valence-electron chi connectivity index (χ0n) is 10.4. The molecule has 1 saturated carbocycles. The maximum absolute atomic E-state index is 12.1. The summed E-state index contributed by atoms with van der Waals surface area (Å²) in [5.74, 6) is 1.04. The average Bonchev–Trinajstić information content (AvgIpc) is 2.96. The molecule has 2 rings (SSSR count). The molecule has 1 amide bonds. The molecule has 1 heterocycles. The van der Waals surface area contributed by atoms with Crippen LogP contribution in [0.15, 0.2) is 0 Å². The van der Waals surface area contributed by atoms with Gasteiger partial charge in [-0.25, -0.2) is 0 Å². The molecule has 1 aliphatic carbocycles. The van der Waals surface area contributed by atoms with Crippen molar-refractivity contribution < 1.29 is 4.79 Å². The van der Waals surface area contributed by atoms with Gasteiger partial charge in [-0.2, -0.15) is 0 Å². The first-order valence-corrected chi connectivity index (χ1v) is 7.18. The second kappa shape index (κ2) is 5.80. The molecule has 96 valence electrons. The minimum absolute atomic E-state index is 0.0288. The Labute approximate surface area is 109 Å². The van der Waals surface area contributed by atoms with E-state index in [4.69, 9.17) is 18.0 Å². The highest BCUT2D eigenvalue weighted by molar-refractivity contribution is 7.80. The second-order valence-corrected chi connectivity index (χ2v) is 5.81. The topological polar surface area (TPSA) is 46.3 Å². The van der Waals surface area contributed by atoms with E-state index < -0.39 is 0 Å². The normalized spacial score (nSPS) is 25.4. The van der Waals surface area contributed by atoms with Crippen LogP contribution in [-0.4, -0.2) is 28.4 Å². The van der Waals surface area contributed by atoms with E-state index in [1.54, 1.807) is 0 Å². The number of amides is 1. The molecule has 2 aliphatic rings. The lowest BCUT2D eigenvalue weighted by molar-refractivity contribution is -0.131. The van der Waals surface area contributed by atoms with E-state index in [1.165, 1.54) is 25.7 Å². The van der Waals surface area contributed by atoms with Gasteiger partial charge in [0.05, 0.1) is 11.0 Å². The molecular weight excluding hydrogens is 232 g/mol. The van der Waals surface area contributed by atoms with E-state index in [1.807, 2.05) is 4.90 Å². The van der Waals surface area contributed by atoms with Gasteiger partial charge >= 0.3 is 0 Å². The number of hydrogen-bond acceptors (Lipinski definition) is 2. The summed E-state index contributed by atoms with van der Waals surface area (Å²) in [5.41, 5.74) is 5.68. The van der Waals surface area contributed by atoms with Crippen molar-refractivity contribution in [1.29, 1.82) is 0 Å². The van der Waals surface area contributed by atoms with Crippen LogP contribution in [0.3, 0.4) is 0 Å². The fraction of sp³-hybridized carbons (Fsp3) is 0.846. The van der Waals surface area contributed by atoms with Crippen molar-refractivity contribution in [2.45, 2.75) is 57.4 Å². The van der Waals surface area contributed by atoms with Gasteiger partial charge in [-0.1, -0.05) is 37.9 Å². The maximum Gasteiger partial charge on any atom is 0.223 e. The predicted octanol–water partition coefficient (Wildman–Crippen LogP) is 2.23. The molecule has 0 aromatic heterocycles. The van der Waals surface area contributed by atoms with Crippen LogP contribution in [0.4, 0.5) is 0 Å². The van der Waals surface area contributed by atoms with Crippen LogP contribution in [0.2, 0.25) is 0 Å². The fourth-order valence-corrected chi connectivity index (χ4v) is 3.38. The monoisotopic (exact) mass is 254 g/mol. The summed E-state index contributed by atoms with van der Waals surface area (Å²) in [6, 6.07) is 0.0288. The summed E-state index contributed by atoms with van der Waals surface area (Å²) in [5, 5.41) is 0. The van der Waals surface area contributed by atoms with E-state index in [-0.39, 0.29) is 11.9 Å². The summed E-state index contributed by atoms with van der Waals surface area (Å²) < 4.78 is 0. The van der Waals surface area contributed by atoms with Crippen molar-refractivity contribution in [3.8, 4) is 0 Å². The van der Waals surface area contributed by atoms with Crippen molar-refractivity contribution in [1.82, 2.24) is 4.90 Å². The zero-order valence-corrected chi connectivity index (χ0v) is 11.2. The summed E-state index contributed by atoms with van der Waals surface area (Å²) in [7, 11) is 0. The molecule has 3 nitrogen and oxygen atoms in total. The van der Waals surface area contributed by atoms with E-state index >= 15 is 0 Å². The predicted molar refractivity (Wildman–Crippen MR) is 72.7 cm³/mol. The average molecular weight is 254 g/mol. The number of thiocarbonyl (C=S) groups is 1. The molecule has 0 spiro atoms. The Morgan fingerprint density at radius 1 is 1.24 bits per heavy atom. The standard InChI is InChI=1S/C13H22N2OS/c14-13(17)11-6-3-9-15(11)12(16)8-7-10-4-1-2-5-10/h10-11H,1-9H2,(H2,14,17). The first-order valence-electron chi connectivity index (χ1n) is 6.77. The third-order valence-electron chi connectivity index (χ3n) is 4.14. The first-order chi connectivity index (χ1) is 8.18. The number of carbonyl (C=O) groups excluding carboxylic acids is 1. The molecule has 1 unspecified atom stereocenters. The summed E-state index contributed by atoms with van der Waals surface area (Å²) >= 11 is 5.03. The van der Waals surface area contributed by atoms with Crippen LogP contribution in [0, 0.1) is 5.92 Å². The van der Waals surface area contributed by atoms with Crippen molar-refractivity contribution in [2.24, 2.45) is 11.7 Å². The van der Waals surface area contributed by atoms with Gasteiger partial charge in [0.2, 0.25) is 5.91 Å². The van der Waals surface area contributed by atoms with Gasteiger partial charge in [0, 0.05) is 13.0 Å². The fourth-order valence-electron chi connectivity index (χ4n) is 3.13. The highest BCUT2D eigenvalue weighted by Gasteiger charge is 2.30. The van der Waals surface area contributed by atoms with Crippen LogP contribution < -0.4 is 5.73 Å². The van der Waals surface area contributed by atoms with Crippen molar-refractivity contribution in [2.75, 3.05) is 6.54 Å². The van der Waals surface area contributed by atoms with Crippen LogP contribution in [-0.2, 0) is 4.79 Å². The highest BCUT2D eigenvalue weighted by atomic mass is 32.1. The van der Waals surface area contributed by atoms with E-state index in [0.29, 0.717) is 11.4 Å². The lowest BCUT2D eigenvalue weighted by Crippen LogP contribution is -2.42. The lowest BCUT2D eigenvalue weighted by Gasteiger charge is -2.24. The molecule has 0 bridgehead atoms. The van der Waals surface area contributed by atoms with Crippen molar-refractivity contribution in [3.05, 3.63) is 0 Å². The number of rotatable bonds is 4. The van der Waals surface area contributed by atoms with E-state index in [2.05, 4.69) is 0 Å². The van der Waals surface area contributed by atoms with Gasteiger partial charge in [-0.3, -0.25) is 4.79 Å². The molecule has 2 fully saturated rings. The van der Waals surface area contributed by atoms with Gasteiger partial charge in [0.25, 0.3) is 0 Å². The largest absolute Gasteiger partial charge is 0.392 e. The zero-order chi connectivity index (χ0) is 12.3. The smallest absolute Gasteiger partial charge is 0.223 e. The van der Waals surface area contributed by atoms with Crippen molar-refractivity contribution in [3.63, 3.8) is 0 Å². The molecule has 1 aliphatic heterocycles. The Morgan fingerprint density at radius 3 is 2.59 bits per heavy atom. The third kappa shape index (κ3) is 3.18. The SMILES string of the molecule is NC(=S)C1CCCN1C(=O)CCC1CCCC1. The van der Waals surface area contributed by atoms with Crippen LogP contribution in [0.1, 0.15) is 51.4 Å². The summed E-state index contributed by atoms with van der Waals surface area (Å²) in [4.78, 5) is 14.5. The number of nitrogens with zero attached hydrogens (tertiary/aromatic N) is 1. The van der Waals surface area contributed by atoms with Crippen LogP contribution in [0.5, 0.6) is 0 Å². The second-order valence-electron chi connectivity index (χ2n) is 5.34. The summed E-state index contributed by atoms with van der Waals surface area (Å²) in [6.45, 7) is 0.839. The molecule has 17 heavy (non-hydrogen) atoms. The Morgan fingerprint density at radius 2 is 1.94 bits per heavy atom. The molecule has 0 aromatic rings. The van der Waals surface area contributed by atoms with Crippen LogP contribution in [0.25, 0.3) is 0 Å². The molecule has 0 radical (unpaired) electrons. The number of nitrogens with two attached hydrogens (primary N) is 1. The van der Waals surface area contributed by atoms with Crippen LogP contribution >= 0.6 is 12.2 Å². The molecule has 4 heteroatoms. The van der Waals surface area contributed by atoms with E-state index in [9.17, 15) is 4.79 Å². The molecule has 2 N–H and O–H groups in total. The van der Waals surface area contributed by atoms with E-state index in [0.717, 1.165) is 31.7 Å². The number of likely N-dealkylation sites (tertiary alicyclic amines) is 1. The van der Waals surface area contributed by atoms with Crippen molar-refractivity contribution >= 4 is 23.1 Å². The Bertz CT molecular complexity index is 300.